The fourth-order valence-electron chi connectivity index (χ4n) is 1.37. The van der Waals surface area contributed by atoms with Crippen LogP contribution < -0.4 is 0 Å². The Bertz CT molecular complexity index is 493. The summed E-state index contributed by atoms with van der Waals surface area (Å²) in [5.41, 5.74) is 1.53. The SMILES string of the molecule is CO/N=C(\Cn1ccnc1)c1ccc(Br)cn1. The number of halogens is 1. The van der Waals surface area contributed by atoms with E-state index in [0.717, 1.165) is 15.9 Å². The van der Waals surface area contributed by atoms with Gasteiger partial charge >= 0.3 is 0 Å². The quantitative estimate of drug-likeness (QED) is 0.641. The largest absolute Gasteiger partial charge is 0.399 e. The lowest BCUT2D eigenvalue weighted by atomic mass is 10.2. The maximum atomic E-state index is 4.84. The Morgan fingerprint density at radius 2 is 2.41 bits per heavy atom. The zero-order valence-electron chi connectivity index (χ0n) is 9.25. The van der Waals surface area contributed by atoms with Crippen molar-refractivity contribution in [2.24, 2.45) is 5.16 Å². The highest BCUT2D eigenvalue weighted by Crippen LogP contribution is 2.09. The summed E-state index contributed by atoms with van der Waals surface area (Å²) in [6, 6.07) is 3.81. The summed E-state index contributed by atoms with van der Waals surface area (Å²) in [6.07, 6.45) is 7.04. The highest BCUT2D eigenvalue weighted by atomic mass is 79.9. The average Bonchev–Trinajstić information content (AvgIpc) is 2.82. The van der Waals surface area contributed by atoms with E-state index in [2.05, 4.69) is 31.1 Å². The van der Waals surface area contributed by atoms with E-state index in [-0.39, 0.29) is 0 Å². The van der Waals surface area contributed by atoms with Gasteiger partial charge in [0.05, 0.1) is 18.6 Å². The highest BCUT2D eigenvalue weighted by molar-refractivity contribution is 9.10. The Morgan fingerprint density at radius 3 is 3.00 bits per heavy atom. The maximum absolute atomic E-state index is 4.84. The normalized spacial score (nSPS) is 11.5. The summed E-state index contributed by atoms with van der Waals surface area (Å²) in [4.78, 5) is 13.1. The highest BCUT2D eigenvalue weighted by Gasteiger charge is 2.07. The smallest absolute Gasteiger partial charge is 0.125 e. The molecule has 0 aliphatic carbocycles. The number of hydrogen-bond acceptors (Lipinski definition) is 4. The summed E-state index contributed by atoms with van der Waals surface area (Å²) in [7, 11) is 1.52. The summed E-state index contributed by atoms with van der Waals surface area (Å²) in [5, 5.41) is 3.99. The van der Waals surface area contributed by atoms with Crippen LogP contribution in [-0.2, 0) is 11.4 Å². The number of pyridine rings is 1. The van der Waals surface area contributed by atoms with E-state index in [9.17, 15) is 0 Å². The van der Waals surface area contributed by atoms with Crippen LogP contribution in [0.15, 0.2) is 46.7 Å². The van der Waals surface area contributed by atoms with Crippen molar-refractivity contribution in [2.45, 2.75) is 6.54 Å². The van der Waals surface area contributed by atoms with Gasteiger partial charge in [-0.25, -0.2) is 4.98 Å². The van der Waals surface area contributed by atoms with Gasteiger partial charge < -0.3 is 9.40 Å². The van der Waals surface area contributed by atoms with Gasteiger partial charge in [-0.05, 0) is 28.1 Å². The first kappa shape index (κ1) is 11.8. The lowest BCUT2D eigenvalue weighted by Crippen LogP contribution is -2.12. The molecule has 0 unspecified atom stereocenters. The minimum absolute atomic E-state index is 0.572. The summed E-state index contributed by atoms with van der Waals surface area (Å²) in [6.45, 7) is 0.572. The number of oxime groups is 1. The second-order valence-electron chi connectivity index (χ2n) is 3.32. The Hall–Kier alpha value is -1.69. The molecule has 0 bridgehead atoms. The second kappa shape index (κ2) is 5.58. The van der Waals surface area contributed by atoms with Crippen molar-refractivity contribution in [3.8, 4) is 0 Å². The Kier molecular flexibility index (Phi) is 3.87. The van der Waals surface area contributed by atoms with Crippen molar-refractivity contribution in [2.75, 3.05) is 7.11 Å². The van der Waals surface area contributed by atoms with Crippen LogP contribution in [0.5, 0.6) is 0 Å². The van der Waals surface area contributed by atoms with E-state index in [1.165, 1.54) is 7.11 Å². The monoisotopic (exact) mass is 294 g/mol. The molecule has 2 aromatic rings. The Balaban J connectivity index is 2.23. The first-order valence-corrected chi connectivity index (χ1v) is 5.76. The van der Waals surface area contributed by atoms with E-state index in [1.54, 1.807) is 18.7 Å². The number of imidazole rings is 1. The van der Waals surface area contributed by atoms with Crippen LogP contribution >= 0.6 is 15.9 Å². The average molecular weight is 295 g/mol. The topological polar surface area (TPSA) is 52.3 Å². The van der Waals surface area contributed by atoms with Gasteiger partial charge in [-0.2, -0.15) is 0 Å². The minimum Gasteiger partial charge on any atom is -0.399 e. The molecule has 0 saturated heterocycles. The van der Waals surface area contributed by atoms with Gasteiger partial charge in [0.2, 0.25) is 0 Å². The molecule has 17 heavy (non-hydrogen) atoms. The van der Waals surface area contributed by atoms with Crippen LogP contribution in [-0.4, -0.2) is 27.4 Å². The molecule has 0 spiro atoms. The van der Waals surface area contributed by atoms with Gasteiger partial charge in [0.25, 0.3) is 0 Å². The fraction of sp³-hybridized carbons (Fsp3) is 0.182. The molecule has 0 aliphatic heterocycles. The number of aromatic nitrogens is 3. The van der Waals surface area contributed by atoms with E-state index in [0.29, 0.717) is 6.54 Å². The van der Waals surface area contributed by atoms with Crippen LogP contribution in [0.4, 0.5) is 0 Å². The van der Waals surface area contributed by atoms with Gasteiger partial charge in [-0.15, -0.1) is 0 Å². The third-order valence-corrected chi connectivity index (χ3v) is 2.59. The molecule has 0 atom stereocenters. The first-order valence-electron chi connectivity index (χ1n) is 4.97. The molecule has 0 aliphatic rings. The van der Waals surface area contributed by atoms with E-state index in [1.807, 2.05) is 22.9 Å². The molecule has 88 valence electrons. The lowest BCUT2D eigenvalue weighted by molar-refractivity contribution is 0.212. The van der Waals surface area contributed by atoms with E-state index >= 15 is 0 Å². The molecule has 0 amide bonds. The third-order valence-electron chi connectivity index (χ3n) is 2.12. The molecular weight excluding hydrogens is 284 g/mol. The molecule has 5 nitrogen and oxygen atoms in total. The minimum atomic E-state index is 0.572. The molecular formula is C11H11BrN4O. The molecule has 2 rings (SSSR count). The van der Waals surface area contributed by atoms with E-state index < -0.39 is 0 Å². The Morgan fingerprint density at radius 1 is 1.53 bits per heavy atom. The molecule has 0 fully saturated rings. The third kappa shape index (κ3) is 3.13. The molecule has 2 aromatic heterocycles. The molecule has 6 heteroatoms. The van der Waals surface area contributed by atoms with Crippen LogP contribution in [0.2, 0.25) is 0 Å². The van der Waals surface area contributed by atoms with Crippen LogP contribution in [0.3, 0.4) is 0 Å². The molecule has 2 heterocycles. The molecule has 0 radical (unpaired) electrons. The van der Waals surface area contributed by atoms with Crippen molar-refractivity contribution in [3.63, 3.8) is 0 Å². The van der Waals surface area contributed by atoms with E-state index in [4.69, 9.17) is 4.84 Å². The summed E-state index contributed by atoms with van der Waals surface area (Å²) >= 11 is 3.35. The van der Waals surface area contributed by atoms with Crippen molar-refractivity contribution in [3.05, 3.63) is 47.2 Å². The summed E-state index contributed by atoms with van der Waals surface area (Å²) in [5.74, 6) is 0. The fourth-order valence-corrected chi connectivity index (χ4v) is 1.60. The zero-order valence-corrected chi connectivity index (χ0v) is 10.8. The number of rotatable bonds is 4. The predicted octanol–water partition coefficient (Wildman–Crippen LogP) is 2.09. The van der Waals surface area contributed by atoms with Gasteiger partial charge in [0, 0.05) is 23.1 Å². The van der Waals surface area contributed by atoms with Gasteiger partial charge in [-0.1, -0.05) is 5.16 Å². The van der Waals surface area contributed by atoms with Crippen LogP contribution in [0.1, 0.15) is 5.69 Å². The molecule has 0 N–H and O–H groups in total. The van der Waals surface area contributed by atoms with Gasteiger partial charge in [0.1, 0.15) is 12.8 Å². The summed E-state index contributed by atoms with van der Waals surface area (Å²) < 4.78 is 2.84. The molecule has 0 saturated carbocycles. The van der Waals surface area contributed by atoms with Crippen molar-refractivity contribution in [1.29, 1.82) is 0 Å². The maximum Gasteiger partial charge on any atom is 0.125 e. The van der Waals surface area contributed by atoms with Crippen molar-refractivity contribution in [1.82, 2.24) is 14.5 Å². The van der Waals surface area contributed by atoms with Crippen LogP contribution in [0, 0.1) is 0 Å². The van der Waals surface area contributed by atoms with Gasteiger partial charge in [-0.3, -0.25) is 4.98 Å². The van der Waals surface area contributed by atoms with Crippen molar-refractivity contribution < 1.29 is 4.84 Å². The zero-order chi connectivity index (χ0) is 12.1. The number of hydrogen-bond donors (Lipinski definition) is 0. The lowest BCUT2D eigenvalue weighted by Gasteiger charge is -2.05. The number of nitrogens with zero attached hydrogens (tertiary/aromatic N) is 4. The molecule has 0 aromatic carbocycles. The standard InChI is InChI=1S/C11H11BrN4O/c1-17-15-11(7-16-5-4-13-8-16)10-3-2-9(12)6-14-10/h2-6,8H,7H2,1H3/b15-11+. The first-order chi connectivity index (χ1) is 8.29. The van der Waals surface area contributed by atoms with Crippen molar-refractivity contribution >= 4 is 21.6 Å². The van der Waals surface area contributed by atoms with Gasteiger partial charge in [0.15, 0.2) is 0 Å². The van der Waals surface area contributed by atoms with Crippen LogP contribution in [0.25, 0.3) is 0 Å². The Labute approximate surface area is 107 Å². The predicted molar refractivity (Wildman–Crippen MR) is 67.7 cm³/mol. The second-order valence-corrected chi connectivity index (χ2v) is 4.23.